The molecular weight excluding hydrogens is 250 g/mol. The van der Waals surface area contributed by atoms with Crippen molar-refractivity contribution in [2.75, 3.05) is 27.7 Å². The van der Waals surface area contributed by atoms with Gasteiger partial charge in [-0.2, -0.15) is 0 Å². The quantitative estimate of drug-likeness (QED) is 0.893. The average molecular weight is 277 g/mol. The van der Waals surface area contributed by atoms with E-state index in [0.29, 0.717) is 12.1 Å². The van der Waals surface area contributed by atoms with Crippen LogP contribution >= 0.6 is 0 Å². The van der Waals surface area contributed by atoms with Gasteiger partial charge in [0.05, 0.1) is 12.3 Å². The van der Waals surface area contributed by atoms with Gasteiger partial charge in [0.2, 0.25) is 0 Å². The highest BCUT2D eigenvalue weighted by atomic mass is 16.3. The Kier molecular flexibility index (Phi) is 4.15. The lowest BCUT2D eigenvalue weighted by atomic mass is 9.97. The summed E-state index contributed by atoms with van der Waals surface area (Å²) in [5.41, 5.74) is 0. The van der Waals surface area contributed by atoms with E-state index in [-0.39, 0.29) is 0 Å². The minimum Gasteiger partial charge on any atom is -0.468 e. The number of fused-ring (bicyclic) bond motifs is 2. The molecule has 2 saturated heterocycles. The van der Waals surface area contributed by atoms with Crippen LogP contribution in [0, 0.1) is 0 Å². The van der Waals surface area contributed by atoms with Crippen LogP contribution in [0.3, 0.4) is 0 Å². The average Bonchev–Trinajstić information content (AvgIpc) is 2.97. The number of piperidine rings is 1. The molecule has 4 heteroatoms. The van der Waals surface area contributed by atoms with E-state index in [9.17, 15) is 0 Å². The molecule has 2 bridgehead atoms. The first-order valence-corrected chi connectivity index (χ1v) is 7.80. The van der Waals surface area contributed by atoms with Gasteiger partial charge in [-0.1, -0.05) is 0 Å². The third-order valence-electron chi connectivity index (χ3n) is 5.19. The van der Waals surface area contributed by atoms with Crippen molar-refractivity contribution in [3.8, 4) is 0 Å². The van der Waals surface area contributed by atoms with Crippen molar-refractivity contribution < 1.29 is 4.42 Å². The summed E-state index contributed by atoms with van der Waals surface area (Å²) in [5.74, 6) is 1.05. The molecule has 0 aliphatic carbocycles. The molecule has 0 radical (unpaired) electrons. The molecule has 20 heavy (non-hydrogen) atoms. The summed E-state index contributed by atoms with van der Waals surface area (Å²) in [4.78, 5) is 4.82. The van der Waals surface area contributed by atoms with Crippen LogP contribution in [0.25, 0.3) is 0 Å². The van der Waals surface area contributed by atoms with Gasteiger partial charge < -0.3 is 14.6 Å². The van der Waals surface area contributed by atoms with E-state index in [4.69, 9.17) is 4.42 Å². The van der Waals surface area contributed by atoms with Gasteiger partial charge in [-0.05, 0) is 59.0 Å². The van der Waals surface area contributed by atoms with Crippen LogP contribution < -0.4 is 5.32 Å². The Morgan fingerprint density at radius 3 is 2.60 bits per heavy atom. The van der Waals surface area contributed by atoms with Crippen molar-refractivity contribution in [3.05, 3.63) is 24.2 Å². The summed E-state index contributed by atoms with van der Waals surface area (Å²) in [6, 6.07) is 6.63. The maximum Gasteiger partial charge on any atom is 0.122 e. The van der Waals surface area contributed by atoms with Crippen molar-refractivity contribution in [2.45, 2.75) is 49.9 Å². The van der Waals surface area contributed by atoms with E-state index in [2.05, 4.69) is 42.3 Å². The first-order chi connectivity index (χ1) is 9.65. The molecule has 2 aliphatic rings. The fourth-order valence-corrected chi connectivity index (χ4v) is 3.87. The first kappa shape index (κ1) is 14.1. The van der Waals surface area contributed by atoms with E-state index >= 15 is 0 Å². The molecule has 112 valence electrons. The Hall–Kier alpha value is -0.840. The standard InChI is InChI=1S/C16H27N3O/c1-18(2)15(16-5-4-8-20-16)11-17-12-9-13-6-7-14(10-12)19(13)3/h4-5,8,12-15,17H,6-7,9-11H2,1-3H3. The number of furan rings is 1. The van der Waals surface area contributed by atoms with Crippen LogP contribution in [0.5, 0.6) is 0 Å². The molecule has 4 nitrogen and oxygen atoms in total. The lowest BCUT2D eigenvalue weighted by Gasteiger charge is -2.37. The third-order valence-corrected chi connectivity index (χ3v) is 5.19. The fraction of sp³-hybridized carbons (Fsp3) is 0.750. The van der Waals surface area contributed by atoms with Gasteiger partial charge >= 0.3 is 0 Å². The topological polar surface area (TPSA) is 31.6 Å². The van der Waals surface area contributed by atoms with Gasteiger partial charge in [0.25, 0.3) is 0 Å². The molecule has 1 aromatic heterocycles. The highest BCUT2D eigenvalue weighted by Gasteiger charge is 2.38. The second-order valence-corrected chi connectivity index (χ2v) is 6.62. The van der Waals surface area contributed by atoms with E-state index in [1.54, 1.807) is 6.26 Å². The second kappa shape index (κ2) is 5.88. The van der Waals surface area contributed by atoms with Crippen LogP contribution in [0.15, 0.2) is 22.8 Å². The minimum atomic E-state index is 0.322. The van der Waals surface area contributed by atoms with Gasteiger partial charge in [-0.15, -0.1) is 0 Å². The molecule has 3 unspecified atom stereocenters. The van der Waals surface area contributed by atoms with Crippen LogP contribution in [-0.4, -0.2) is 55.6 Å². The molecule has 2 fully saturated rings. The Balaban J connectivity index is 1.56. The Morgan fingerprint density at radius 1 is 1.35 bits per heavy atom. The molecule has 0 spiro atoms. The minimum absolute atomic E-state index is 0.322. The second-order valence-electron chi connectivity index (χ2n) is 6.62. The number of hydrogen-bond donors (Lipinski definition) is 1. The Labute approximate surface area is 122 Å². The van der Waals surface area contributed by atoms with Crippen molar-refractivity contribution in [2.24, 2.45) is 0 Å². The predicted octanol–water partition coefficient (Wildman–Crippen LogP) is 2.10. The normalized spacial score (nSPS) is 31.9. The SMILES string of the molecule is CN(C)C(CNC1CC2CCC(C1)N2C)c1ccco1. The van der Waals surface area contributed by atoms with Gasteiger partial charge in [0, 0.05) is 24.7 Å². The number of rotatable bonds is 5. The first-order valence-electron chi connectivity index (χ1n) is 7.80. The van der Waals surface area contributed by atoms with E-state index < -0.39 is 0 Å². The van der Waals surface area contributed by atoms with E-state index in [0.717, 1.165) is 24.4 Å². The van der Waals surface area contributed by atoms with Gasteiger partial charge in [-0.25, -0.2) is 0 Å². The Bertz CT molecular complexity index is 403. The smallest absolute Gasteiger partial charge is 0.122 e. The van der Waals surface area contributed by atoms with Crippen LogP contribution in [0.1, 0.15) is 37.5 Å². The van der Waals surface area contributed by atoms with Crippen LogP contribution in [-0.2, 0) is 0 Å². The summed E-state index contributed by atoms with van der Waals surface area (Å²) < 4.78 is 5.58. The van der Waals surface area contributed by atoms with Crippen molar-refractivity contribution >= 4 is 0 Å². The number of likely N-dealkylation sites (N-methyl/N-ethyl adjacent to an activating group) is 1. The third kappa shape index (κ3) is 2.78. The maximum absolute atomic E-state index is 5.58. The highest BCUT2D eigenvalue weighted by Crippen LogP contribution is 2.34. The zero-order valence-electron chi connectivity index (χ0n) is 12.9. The summed E-state index contributed by atoms with van der Waals surface area (Å²) in [5, 5.41) is 3.78. The molecule has 1 aromatic rings. The van der Waals surface area contributed by atoms with Crippen molar-refractivity contribution in [1.82, 2.24) is 15.1 Å². The number of hydrogen-bond acceptors (Lipinski definition) is 4. The predicted molar refractivity (Wildman–Crippen MR) is 80.7 cm³/mol. The lowest BCUT2D eigenvalue weighted by molar-refractivity contribution is 0.141. The van der Waals surface area contributed by atoms with Crippen LogP contribution in [0.2, 0.25) is 0 Å². The number of nitrogens with zero attached hydrogens (tertiary/aromatic N) is 2. The lowest BCUT2D eigenvalue weighted by Crippen LogP contribution is -2.48. The molecule has 1 N–H and O–H groups in total. The molecule has 0 amide bonds. The van der Waals surface area contributed by atoms with E-state index in [1.807, 2.05) is 6.07 Å². The molecule has 3 heterocycles. The molecule has 2 aliphatic heterocycles. The largest absolute Gasteiger partial charge is 0.468 e. The maximum atomic E-state index is 5.58. The molecule has 3 rings (SSSR count). The zero-order valence-corrected chi connectivity index (χ0v) is 12.9. The molecular formula is C16H27N3O. The molecule has 3 atom stereocenters. The number of nitrogens with one attached hydrogen (secondary N) is 1. The van der Waals surface area contributed by atoms with E-state index in [1.165, 1.54) is 25.7 Å². The fourth-order valence-electron chi connectivity index (χ4n) is 3.87. The highest BCUT2D eigenvalue weighted by molar-refractivity contribution is 5.05. The summed E-state index contributed by atoms with van der Waals surface area (Å²) in [7, 11) is 6.53. The summed E-state index contributed by atoms with van der Waals surface area (Å²) in [6.07, 6.45) is 7.13. The summed E-state index contributed by atoms with van der Waals surface area (Å²) >= 11 is 0. The van der Waals surface area contributed by atoms with Crippen molar-refractivity contribution in [1.29, 1.82) is 0 Å². The van der Waals surface area contributed by atoms with Crippen LogP contribution in [0.4, 0.5) is 0 Å². The Morgan fingerprint density at radius 2 is 2.05 bits per heavy atom. The van der Waals surface area contributed by atoms with Gasteiger partial charge in [0.15, 0.2) is 0 Å². The van der Waals surface area contributed by atoms with Gasteiger partial charge in [-0.3, -0.25) is 4.90 Å². The monoisotopic (exact) mass is 277 g/mol. The van der Waals surface area contributed by atoms with Gasteiger partial charge in [0.1, 0.15) is 5.76 Å². The van der Waals surface area contributed by atoms with Crippen molar-refractivity contribution in [3.63, 3.8) is 0 Å². The molecule has 0 aromatic carbocycles. The summed E-state index contributed by atoms with van der Waals surface area (Å²) in [6.45, 7) is 0.967. The zero-order chi connectivity index (χ0) is 14.1. The molecule has 0 saturated carbocycles.